The van der Waals surface area contributed by atoms with Gasteiger partial charge in [0.1, 0.15) is 24.5 Å². The van der Waals surface area contributed by atoms with Crippen molar-refractivity contribution >= 4 is 5.91 Å². The van der Waals surface area contributed by atoms with Crippen LogP contribution in [0, 0.1) is 12.3 Å². The Morgan fingerprint density at radius 1 is 1.22 bits per heavy atom. The van der Waals surface area contributed by atoms with E-state index in [1.54, 1.807) is 19.9 Å². The number of methoxy groups -OCH3 is 1. The monoisotopic (exact) mass is 510 g/mol. The smallest absolute Gasteiger partial charge is 0.363 e. The zero-order valence-corrected chi connectivity index (χ0v) is 19.8. The van der Waals surface area contributed by atoms with E-state index in [0.717, 1.165) is 0 Å². The molecular formula is C24H25F3N2O7. The lowest BCUT2D eigenvalue weighted by atomic mass is 10.1. The van der Waals surface area contributed by atoms with E-state index in [1.165, 1.54) is 31.4 Å². The quantitative estimate of drug-likeness (QED) is 0.398. The number of terminal acetylenes is 1. The highest BCUT2D eigenvalue weighted by Gasteiger charge is 2.42. The molecule has 0 N–H and O–H groups in total. The summed E-state index contributed by atoms with van der Waals surface area (Å²) in [7, 11) is 1.43. The predicted molar refractivity (Wildman–Crippen MR) is 120 cm³/mol. The van der Waals surface area contributed by atoms with E-state index in [1.807, 2.05) is 0 Å². The minimum atomic E-state index is -5.14. The first-order valence-electron chi connectivity index (χ1n) is 10.8. The van der Waals surface area contributed by atoms with Crippen LogP contribution in [-0.4, -0.2) is 53.4 Å². The third kappa shape index (κ3) is 5.93. The third-order valence-corrected chi connectivity index (χ3v) is 5.60. The number of halogens is 3. The zero-order chi connectivity index (χ0) is 26.7. The molecule has 0 unspecified atom stereocenters. The molecule has 1 aliphatic rings. The number of ether oxygens (including phenoxy) is 4. The van der Waals surface area contributed by atoms with Crippen molar-refractivity contribution in [2.24, 2.45) is 0 Å². The van der Waals surface area contributed by atoms with Crippen LogP contribution in [0.4, 0.5) is 13.2 Å². The van der Waals surface area contributed by atoms with Crippen molar-refractivity contribution < 1.29 is 36.9 Å². The molecule has 0 radical (unpaired) electrons. The molecule has 1 aromatic heterocycles. The molecule has 1 fully saturated rings. The molecule has 0 bridgehead atoms. The Kier molecular flexibility index (Phi) is 8.20. The second kappa shape index (κ2) is 10.8. The van der Waals surface area contributed by atoms with Gasteiger partial charge < -0.3 is 18.9 Å². The van der Waals surface area contributed by atoms with Gasteiger partial charge in [-0.1, -0.05) is 24.1 Å². The average molecular weight is 510 g/mol. The van der Waals surface area contributed by atoms with Crippen molar-refractivity contribution in [1.29, 1.82) is 0 Å². The van der Waals surface area contributed by atoms with Crippen LogP contribution in [0.2, 0.25) is 0 Å². The van der Waals surface area contributed by atoms with Crippen LogP contribution < -0.4 is 11.2 Å². The summed E-state index contributed by atoms with van der Waals surface area (Å²) < 4.78 is 64.0. The topological polar surface area (TPSA) is 98.0 Å². The van der Waals surface area contributed by atoms with Crippen LogP contribution in [0.3, 0.4) is 0 Å². The molecule has 2 heterocycles. The summed E-state index contributed by atoms with van der Waals surface area (Å²) in [5, 5.41) is 0. The summed E-state index contributed by atoms with van der Waals surface area (Å²) >= 11 is 0. The number of nitrogens with zero attached hydrogens (tertiary/aromatic N) is 2. The summed E-state index contributed by atoms with van der Waals surface area (Å²) in [6.07, 6.45) is -2.55. The van der Waals surface area contributed by atoms with E-state index < -0.39 is 53.1 Å². The lowest BCUT2D eigenvalue weighted by Crippen LogP contribution is -2.47. The number of alkyl halides is 3. The van der Waals surface area contributed by atoms with Crippen LogP contribution in [0.5, 0.6) is 0 Å². The Labute approximate surface area is 204 Å². The highest BCUT2D eigenvalue weighted by molar-refractivity contribution is 5.95. The van der Waals surface area contributed by atoms with Gasteiger partial charge in [0.15, 0.2) is 5.79 Å². The summed E-state index contributed by atoms with van der Waals surface area (Å²) in [6.45, 7) is 3.06. The van der Waals surface area contributed by atoms with Gasteiger partial charge in [0.25, 0.3) is 11.5 Å². The van der Waals surface area contributed by atoms with E-state index in [9.17, 15) is 27.6 Å². The lowest BCUT2D eigenvalue weighted by Gasteiger charge is -2.27. The minimum absolute atomic E-state index is 0.0450. The maximum absolute atomic E-state index is 13.7. The molecular weight excluding hydrogens is 485 g/mol. The molecule has 3 rings (SSSR count). The fourth-order valence-electron chi connectivity index (χ4n) is 3.56. The summed E-state index contributed by atoms with van der Waals surface area (Å²) in [6, 6.07) is 7.02. The molecule has 3 atom stereocenters. The maximum atomic E-state index is 13.7. The van der Waals surface area contributed by atoms with Gasteiger partial charge in [-0.3, -0.25) is 14.2 Å². The molecule has 1 aliphatic heterocycles. The highest BCUT2D eigenvalue weighted by atomic mass is 19.4. The number of benzene rings is 1. The Morgan fingerprint density at radius 3 is 2.47 bits per heavy atom. The summed E-state index contributed by atoms with van der Waals surface area (Å²) in [5.41, 5.74) is -4.91. The van der Waals surface area contributed by atoms with E-state index >= 15 is 0 Å². The van der Waals surface area contributed by atoms with Gasteiger partial charge in [-0.05, 0) is 26.0 Å². The minimum Gasteiger partial charge on any atom is -0.363 e. The Balaban J connectivity index is 2.06. The number of hydrogen-bond acceptors (Lipinski definition) is 7. The number of rotatable bonds is 8. The Hall–Kier alpha value is -3.24. The standard InChI is InChI=1S/C24H25F3N2O7/c1-5-11-34-17-12-19(36-18(17)14-35-23(2,3)33-4)28-13-16(24(25,26)27)21(31)29(22(28)32)20(30)15-9-7-6-8-10-15/h1,6-10,13,17-19H,11-12,14H2,2-4H3/t17-,18+,19+/m0/s1. The van der Waals surface area contributed by atoms with Gasteiger partial charge >= 0.3 is 11.9 Å². The lowest BCUT2D eigenvalue weighted by molar-refractivity contribution is -0.218. The summed E-state index contributed by atoms with van der Waals surface area (Å²) in [5.74, 6) is 0.0830. The first kappa shape index (κ1) is 27.3. The average Bonchev–Trinajstić information content (AvgIpc) is 3.24. The van der Waals surface area contributed by atoms with Gasteiger partial charge in [0.2, 0.25) is 0 Å². The van der Waals surface area contributed by atoms with Crippen molar-refractivity contribution in [2.75, 3.05) is 20.3 Å². The fraction of sp³-hybridized carbons (Fsp3) is 0.458. The van der Waals surface area contributed by atoms with E-state index in [-0.39, 0.29) is 29.8 Å². The molecule has 0 spiro atoms. The van der Waals surface area contributed by atoms with Crippen molar-refractivity contribution in [3.05, 3.63) is 68.5 Å². The van der Waals surface area contributed by atoms with Gasteiger partial charge in [-0.25, -0.2) is 4.79 Å². The van der Waals surface area contributed by atoms with Crippen LogP contribution >= 0.6 is 0 Å². The fourth-order valence-corrected chi connectivity index (χ4v) is 3.56. The molecule has 1 saturated heterocycles. The molecule has 0 amide bonds. The van der Waals surface area contributed by atoms with Crippen molar-refractivity contribution in [1.82, 2.24) is 9.13 Å². The SMILES string of the molecule is C#CCO[C@H]1C[C@H](n2cc(C(F)(F)F)c(=O)n(C(=O)c3ccccc3)c2=O)O[C@@H]1COC(C)(C)OC. The van der Waals surface area contributed by atoms with Gasteiger partial charge in [-0.2, -0.15) is 17.7 Å². The van der Waals surface area contributed by atoms with Crippen LogP contribution in [0.1, 0.15) is 42.4 Å². The first-order chi connectivity index (χ1) is 16.9. The molecule has 0 saturated carbocycles. The van der Waals surface area contributed by atoms with Crippen LogP contribution in [-0.2, 0) is 25.1 Å². The van der Waals surface area contributed by atoms with Crippen LogP contribution in [0.15, 0.2) is 46.1 Å². The number of aromatic nitrogens is 2. The molecule has 2 aromatic rings. The highest BCUT2D eigenvalue weighted by Crippen LogP contribution is 2.32. The van der Waals surface area contributed by atoms with Crippen molar-refractivity contribution in [3.63, 3.8) is 0 Å². The van der Waals surface area contributed by atoms with E-state index in [4.69, 9.17) is 25.4 Å². The third-order valence-electron chi connectivity index (χ3n) is 5.60. The molecule has 1 aromatic carbocycles. The van der Waals surface area contributed by atoms with Gasteiger partial charge in [-0.15, -0.1) is 6.42 Å². The predicted octanol–water partition coefficient (Wildman–Crippen LogP) is 2.42. The number of hydrogen-bond donors (Lipinski definition) is 0. The Bertz CT molecular complexity index is 1250. The summed E-state index contributed by atoms with van der Waals surface area (Å²) in [4.78, 5) is 38.7. The second-order valence-electron chi connectivity index (χ2n) is 8.38. The van der Waals surface area contributed by atoms with Gasteiger partial charge in [0, 0.05) is 25.3 Å². The molecule has 194 valence electrons. The molecule has 36 heavy (non-hydrogen) atoms. The molecule has 12 heteroatoms. The zero-order valence-electron chi connectivity index (χ0n) is 19.8. The Morgan fingerprint density at radius 2 is 1.89 bits per heavy atom. The van der Waals surface area contributed by atoms with Gasteiger partial charge in [0.05, 0.1) is 12.7 Å². The molecule has 0 aliphatic carbocycles. The second-order valence-corrected chi connectivity index (χ2v) is 8.38. The normalized spacial score (nSPS) is 20.3. The number of carbonyl (C=O) groups is 1. The number of carbonyl (C=O) groups excluding carboxylic acids is 1. The largest absolute Gasteiger partial charge is 0.423 e. The van der Waals surface area contributed by atoms with Crippen molar-refractivity contribution in [3.8, 4) is 12.3 Å². The van der Waals surface area contributed by atoms with Crippen molar-refractivity contribution in [2.45, 2.75) is 50.7 Å². The van der Waals surface area contributed by atoms with E-state index in [0.29, 0.717) is 10.8 Å². The van der Waals surface area contributed by atoms with E-state index in [2.05, 4.69) is 5.92 Å². The molecule has 9 nitrogen and oxygen atoms in total. The first-order valence-corrected chi connectivity index (χ1v) is 10.8. The maximum Gasteiger partial charge on any atom is 0.423 e. The van der Waals surface area contributed by atoms with Crippen LogP contribution in [0.25, 0.3) is 0 Å².